The molecule has 0 aromatic heterocycles. The van der Waals surface area contributed by atoms with Crippen molar-refractivity contribution in [2.45, 2.75) is 57.0 Å². The number of likely N-dealkylation sites (tertiary alicyclic amines) is 1. The van der Waals surface area contributed by atoms with Crippen molar-refractivity contribution < 1.29 is 9.59 Å². The Morgan fingerprint density at radius 3 is 2.87 bits per heavy atom. The number of carbonyl (C=O) groups is 2. The third-order valence-corrected chi connectivity index (χ3v) is 5.11. The van der Waals surface area contributed by atoms with Crippen molar-refractivity contribution in [1.82, 2.24) is 10.2 Å². The zero-order valence-electron chi connectivity index (χ0n) is 13.4. The van der Waals surface area contributed by atoms with Crippen molar-refractivity contribution in [3.05, 3.63) is 34.9 Å². The highest BCUT2D eigenvalue weighted by Crippen LogP contribution is 2.43. The van der Waals surface area contributed by atoms with Gasteiger partial charge in [-0.2, -0.15) is 0 Å². The number of nitrogens with one attached hydrogen (secondary N) is 1. The van der Waals surface area contributed by atoms with Gasteiger partial charge in [0, 0.05) is 29.9 Å². The molecular weight excluding hydrogens is 312 g/mol. The maximum Gasteiger partial charge on any atom is 0.243 e. The Kier molecular flexibility index (Phi) is 4.90. The van der Waals surface area contributed by atoms with Gasteiger partial charge < -0.3 is 10.2 Å². The third kappa shape index (κ3) is 3.52. The molecule has 1 saturated heterocycles. The van der Waals surface area contributed by atoms with E-state index in [1.165, 1.54) is 0 Å². The highest BCUT2D eigenvalue weighted by Gasteiger charge is 2.43. The molecule has 3 atom stereocenters. The highest BCUT2D eigenvalue weighted by molar-refractivity contribution is 6.31. The topological polar surface area (TPSA) is 49.4 Å². The van der Waals surface area contributed by atoms with Crippen LogP contribution in [0.15, 0.2) is 24.3 Å². The predicted octanol–water partition coefficient (Wildman–Crippen LogP) is 3.10. The number of hydrogen-bond acceptors (Lipinski definition) is 2. The summed E-state index contributed by atoms with van der Waals surface area (Å²) in [4.78, 5) is 26.4. The maximum atomic E-state index is 12.5. The Balaban J connectivity index is 1.58. The number of hydrogen-bond donors (Lipinski definition) is 1. The first-order valence-corrected chi connectivity index (χ1v) is 8.84. The van der Waals surface area contributed by atoms with Crippen molar-refractivity contribution in [2.75, 3.05) is 6.54 Å². The number of halogens is 1. The van der Waals surface area contributed by atoms with E-state index in [-0.39, 0.29) is 23.9 Å². The molecule has 1 aliphatic carbocycles. The lowest BCUT2D eigenvalue weighted by molar-refractivity contribution is -0.138. The lowest BCUT2D eigenvalue weighted by Crippen LogP contribution is -2.46. The molecule has 1 aromatic rings. The van der Waals surface area contributed by atoms with E-state index in [4.69, 9.17) is 11.6 Å². The lowest BCUT2D eigenvalue weighted by atomic mass is 10.1. The summed E-state index contributed by atoms with van der Waals surface area (Å²) in [6, 6.07) is 7.65. The van der Waals surface area contributed by atoms with E-state index in [0.29, 0.717) is 18.9 Å². The number of amides is 2. The van der Waals surface area contributed by atoms with Crippen molar-refractivity contribution in [3.63, 3.8) is 0 Å². The molecule has 0 spiro atoms. The molecule has 0 bridgehead atoms. The SMILES string of the molecule is CCCC(=O)N1CCC[C@@H]1C(=O)N[C@H]1C[C@H]1c1ccccc1Cl. The summed E-state index contributed by atoms with van der Waals surface area (Å²) in [5.41, 5.74) is 1.10. The number of carbonyl (C=O) groups excluding carboxylic acids is 2. The quantitative estimate of drug-likeness (QED) is 0.899. The van der Waals surface area contributed by atoms with Gasteiger partial charge in [0.05, 0.1) is 0 Å². The minimum atomic E-state index is -0.290. The smallest absolute Gasteiger partial charge is 0.243 e. The Morgan fingerprint density at radius 2 is 2.13 bits per heavy atom. The molecule has 1 aromatic carbocycles. The van der Waals surface area contributed by atoms with E-state index < -0.39 is 0 Å². The van der Waals surface area contributed by atoms with E-state index in [2.05, 4.69) is 5.32 Å². The van der Waals surface area contributed by atoms with E-state index in [9.17, 15) is 9.59 Å². The van der Waals surface area contributed by atoms with Gasteiger partial charge in [-0.05, 0) is 37.3 Å². The van der Waals surface area contributed by atoms with Crippen LogP contribution in [0.3, 0.4) is 0 Å². The van der Waals surface area contributed by atoms with Gasteiger partial charge in [0.15, 0.2) is 0 Å². The van der Waals surface area contributed by atoms with Gasteiger partial charge in [-0.15, -0.1) is 0 Å². The first kappa shape index (κ1) is 16.3. The first-order chi connectivity index (χ1) is 11.1. The van der Waals surface area contributed by atoms with Crippen LogP contribution >= 0.6 is 11.6 Å². The standard InChI is InChI=1S/C18H23ClN2O2/c1-2-6-17(22)21-10-5-9-16(21)18(23)20-15-11-13(15)12-7-3-4-8-14(12)19/h3-4,7-8,13,15-16H,2,5-6,9-11H2,1H3,(H,20,23)/t13-,15-,16+/m0/s1. The summed E-state index contributed by atoms with van der Waals surface area (Å²) in [5, 5.41) is 3.87. The van der Waals surface area contributed by atoms with E-state index in [1.807, 2.05) is 31.2 Å². The molecule has 3 rings (SSSR count). The van der Waals surface area contributed by atoms with Gasteiger partial charge >= 0.3 is 0 Å². The molecule has 1 N–H and O–H groups in total. The summed E-state index contributed by atoms with van der Waals surface area (Å²) in [5.74, 6) is 0.393. The molecule has 1 heterocycles. The Morgan fingerprint density at radius 1 is 1.35 bits per heavy atom. The van der Waals surface area contributed by atoms with Gasteiger partial charge in [-0.25, -0.2) is 0 Å². The molecule has 5 heteroatoms. The van der Waals surface area contributed by atoms with Crippen molar-refractivity contribution >= 4 is 23.4 Å². The summed E-state index contributed by atoms with van der Waals surface area (Å²) in [6.45, 7) is 2.69. The largest absolute Gasteiger partial charge is 0.351 e. The van der Waals surface area contributed by atoms with Crippen LogP contribution in [0.1, 0.15) is 50.5 Å². The van der Waals surface area contributed by atoms with Crippen LogP contribution in [-0.2, 0) is 9.59 Å². The van der Waals surface area contributed by atoms with Crippen LogP contribution in [0.5, 0.6) is 0 Å². The summed E-state index contributed by atoms with van der Waals surface area (Å²) < 4.78 is 0. The Hall–Kier alpha value is -1.55. The molecule has 4 nitrogen and oxygen atoms in total. The minimum absolute atomic E-state index is 0.00786. The molecule has 124 valence electrons. The maximum absolute atomic E-state index is 12.5. The van der Waals surface area contributed by atoms with Crippen LogP contribution in [0.25, 0.3) is 0 Å². The van der Waals surface area contributed by atoms with Gasteiger partial charge in [-0.3, -0.25) is 9.59 Å². The van der Waals surface area contributed by atoms with Gasteiger partial charge in [0.25, 0.3) is 0 Å². The van der Waals surface area contributed by atoms with Crippen LogP contribution in [0.2, 0.25) is 5.02 Å². The van der Waals surface area contributed by atoms with Gasteiger partial charge in [0.1, 0.15) is 6.04 Å². The molecule has 23 heavy (non-hydrogen) atoms. The average molecular weight is 335 g/mol. The van der Waals surface area contributed by atoms with Crippen molar-refractivity contribution in [1.29, 1.82) is 0 Å². The summed E-state index contributed by atoms with van der Waals surface area (Å²) in [7, 11) is 0. The van der Waals surface area contributed by atoms with E-state index in [0.717, 1.165) is 36.3 Å². The second-order valence-electron chi connectivity index (χ2n) is 6.47. The van der Waals surface area contributed by atoms with Crippen molar-refractivity contribution in [3.8, 4) is 0 Å². The van der Waals surface area contributed by atoms with Crippen LogP contribution in [-0.4, -0.2) is 35.3 Å². The zero-order chi connectivity index (χ0) is 16.4. The summed E-state index contributed by atoms with van der Waals surface area (Å²) in [6.07, 6.45) is 3.94. The fourth-order valence-corrected chi connectivity index (χ4v) is 3.72. The van der Waals surface area contributed by atoms with Gasteiger partial charge in [-0.1, -0.05) is 36.7 Å². The fraction of sp³-hybridized carbons (Fsp3) is 0.556. The number of nitrogens with zero attached hydrogens (tertiary/aromatic N) is 1. The third-order valence-electron chi connectivity index (χ3n) is 4.76. The molecule has 1 saturated carbocycles. The monoisotopic (exact) mass is 334 g/mol. The van der Waals surface area contributed by atoms with Gasteiger partial charge in [0.2, 0.25) is 11.8 Å². The zero-order valence-corrected chi connectivity index (χ0v) is 14.2. The molecule has 2 aliphatic rings. The van der Waals surface area contributed by atoms with Crippen LogP contribution in [0.4, 0.5) is 0 Å². The number of rotatable bonds is 5. The predicted molar refractivity (Wildman–Crippen MR) is 90.4 cm³/mol. The second-order valence-corrected chi connectivity index (χ2v) is 6.88. The van der Waals surface area contributed by atoms with E-state index >= 15 is 0 Å². The molecule has 2 fully saturated rings. The van der Waals surface area contributed by atoms with E-state index in [1.54, 1.807) is 4.90 Å². The molecule has 0 radical (unpaired) electrons. The molecule has 0 unspecified atom stereocenters. The lowest BCUT2D eigenvalue weighted by Gasteiger charge is -2.24. The van der Waals surface area contributed by atoms with Crippen LogP contribution < -0.4 is 5.32 Å². The van der Waals surface area contributed by atoms with Crippen LogP contribution in [0, 0.1) is 0 Å². The fourth-order valence-electron chi connectivity index (χ4n) is 3.45. The Bertz CT molecular complexity index is 604. The highest BCUT2D eigenvalue weighted by atomic mass is 35.5. The normalized spacial score (nSPS) is 26.2. The average Bonchev–Trinajstić information content (AvgIpc) is 3.10. The minimum Gasteiger partial charge on any atom is -0.351 e. The van der Waals surface area contributed by atoms with Crippen molar-refractivity contribution in [2.24, 2.45) is 0 Å². The Labute approximate surface area is 142 Å². The second kappa shape index (κ2) is 6.91. The molecular formula is C18H23ClN2O2. The molecule has 1 aliphatic heterocycles. The summed E-state index contributed by atoms with van der Waals surface area (Å²) >= 11 is 6.22. The first-order valence-electron chi connectivity index (χ1n) is 8.46. The number of benzene rings is 1. The molecule has 2 amide bonds.